The number of hydrogen-bond donors (Lipinski definition) is 1. The summed E-state index contributed by atoms with van der Waals surface area (Å²) in [6, 6.07) is 12.2. The highest BCUT2D eigenvalue weighted by Gasteiger charge is 2.25. The Morgan fingerprint density at radius 1 is 1.24 bits per heavy atom. The smallest absolute Gasteiger partial charge is 0.252 e. The Morgan fingerprint density at radius 2 is 2.00 bits per heavy atom. The molecule has 1 amide bonds. The van der Waals surface area contributed by atoms with E-state index < -0.39 is 0 Å². The third-order valence-corrected chi connectivity index (χ3v) is 6.50. The Labute approximate surface area is 199 Å². The van der Waals surface area contributed by atoms with Crippen LogP contribution >= 0.6 is 0 Å². The van der Waals surface area contributed by atoms with Crippen LogP contribution in [0, 0.1) is 0 Å². The summed E-state index contributed by atoms with van der Waals surface area (Å²) in [6.45, 7) is 13.5. The van der Waals surface area contributed by atoms with Crippen LogP contribution in [0.5, 0.6) is 0 Å². The second-order valence-electron chi connectivity index (χ2n) is 8.80. The molecule has 2 atom stereocenters. The number of aromatic nitrogens is 3. The molecule has 4 rings (SSSR count). The van der Waals surface area contributed by atoms with E-state index in [0.29, 0.717) is 24.2 Å². The molecule has 8 heteroatoms. The minimum atomic E-state index is -0.0636. The zero-order valence-electron chi connectivity index (χ0n) is 20.1. The third-order valence-electron chi connectivity index (χ3n) is 6.50. The van der Waals surface area contributed by atoms with Crippen LogP contribution in [0.4, 0.5) is 5.95 Å². The standard InChI is InChI=1S/C26H32N6O2/c1-5-23(33)31-14-13-30(18(3)16-31)17-20-7-9-21(10-8-20)19(4)28-26-27-15-22-11-12-24(34)32(6-2)25(22)29-26/h5,7-12,15,18-19H,1,6,13-14,16-17H2,2-4H3,(H,27,28,29)/t18-,19-/m0/s1. The maximum Gasteiger partial charge on any atom is 0.252 e. The summed E-state index contributed by atoms with van der Waals surface area (Å²) in [5, 5.41) is 4.20. The molecular weight excluding hydrogens is 428 g/mol. The third kappa shape index (κ3) is 5.02. The highest BCUT2D eigenvalue weighted by molar-refractivity contribution is 5.87. The van der Waals surface area contributed by atoms with Crippen LogP contribution in [0.2, 0.25) is 0 Å². The average molecular weight is 461 g/mol. The summed E-state index contributed by atoms with van der Waals surface area (Å²) >= 11 is 0. The Bertz CT molecular complexity index is 1240. The Morgan fingerprint density at radius 3 is 2.68 bits per heavy atom. The molecule has 0 saturated carbocycles. The van der Waals surface area contributed by atoms with Gasteiger partial charge >= 0.3 is 0 Å². The van der Waals surface area contributed by atoms with Crippen molar-refractivity contribution in [1.82, 2.24) is 24.3 Å². The number of fused-ring (bicyclic) bond motifs is 1. The van der Waals surface area contributed by atoms with Gasteiger partial charge in [0.05, 0.1) is 6.04 Å². The summed E-state index contributed by atoms with van der Waals surface area (Å²) in [5.41, 5.74) is 2.94. The first-order valence-corrected chi connectivity index (χ1v) is 11.8. The second-order valence-corrected chi connectivity index (χ2v) is 8.80. The van der Waals surface area contributed by atoms with Crippen LogP contribution in [0.3, 0.4) is 0 Å². The van der Waals surface area contributed by atoms with E-state index in [1.165, 1.54) is 11.6 Å². The van der Waals surface area contributed by atoms with Crippen molar-refractivity contribution >= 4 is 22.9 Å². The molecule has 1 aliphatic rings. The lowest BCUT2D eigenvalue weighted by Crippen LogP contribution is -2.52. The summed E-state index contributed by atoms with van der Waals surface area (Å²) in [4.78, 5) is 37.3. The average Bonchev–Trinajstić information content (AvgIpc) is 2.85. The van der Waals surface area contributed by atoms with Crippen molar-refractivity contribution < 1.29 is 4.79 Å². The van der Waals surface area contributed by atoms with E-state index in [1.807, 2.05) is 11.8 Å². The first-order chi connectivity index (χ1) is 16.4. The SMILES string of the molecule is C=CC(=O)N1CCN(Cc2ccc([C@H](C)Nc3ncc4ccc(=O)n(CC)c4n3)cc2)[C@@H](C)C1. The minimum absolute atomic E-state index is 0.00407. The van der Waals surface area contributed by atoms with Crippen LogP contribution in [-0.4, -0.2) is 55.9 Å². The second kappa shape index (κ2) is 10.2. The number of anilines is 1. The van der Waals surface area contributed by atoms with Gasteiger partial charge in [-0.05, 0) is 44.0 Å². The zero-order chi connectivity index (χ0) is 24.2. The molecule has 1 aliphatic heterocycles. The van der Waals surface area contributed by atoms with Gasteiger partial charge < -0.3 is 10.2 Å². The highest BCUT2D eigenvalue weighted by Crippen LogP contribution is 2.20. The van der Waals surface area contributed by atoms with Crippen molar-refractivity contribution in [3.05, 3.63) is 76.7 Å². The predicted octanol–water partition coefficient (Wildman–Crippen LogP) is 3.20. The van der Waals surface area contributed by atoms with Gasteiger partial charge in [-0.3, -0.25) is 19.1 Å². The number of carbonyl (C=O) groups excluding carboxylic acids is 1. The van der Waals surface area contributed by atoms with Gasteiger partial charge in [-0.15, -0.1) is 0 Å². The number of nitrogens with zero attached hydrogens (tertiary/aromatic N) is 5. The van der Waals surface area contributed by atoms with Crippen molar-refractivity contribution in [2.24, 2.45) is 0 Å². The number of aryl methyl sites for hydroxylation is 1. The van der Waals surface area contributed by atoms with E-state index >= 15 is 0 Å². The number of benzene rings is 1. The van der Waals surface area contributed by atoms with Gasteiger partial charge in [0.2, 0.25) is 11.9 Å². The van der Waals surface area contributed by atoms with Gasteiger partial charge in [0.15, 0.2) is 0 Å². The molecule has 3 aromatic rings. The van der Waals surface area contributed by atoms with Crippen LogP contribution in [0.15, 0.2) is 60.0 Å². The lowest BCUT2D eigenvalue weighted by Gasteiger charge is -2.39. The van der Waals surface area contributed by atoms with Gasteiger partial charge in [0, 0.05) is 56.4 Å². The number of rotatable bonds is 7. The van der Waals surface area contributed by atoms with E-state index in [-0.39, 0.29) is 17.5 Å². The van der Waals surface area contributed by atoms with Crippen LogP contribution < -0.4 is 10.9 Å². The monoisotopic (exact) mass is 460 g/mol. The maximum absolute atomic E-state index is 12.1. The van der Waals surface area contributed by atoms with Crippen molar-refractivity contribution in [1.29, 1.82) is 0 Å². The van der Waals surface area contributed by atoms with Crippen LogP contribution in [-0.2, 0) is 17.9 Å². The number of nitrogens with one attached hydrogen (secondary N) is 1. The number of carbonyl (C=O) groups is 1. The molecule has 1 fully saturated rings. The predicted molar refractivity (Wildman–Crippen MR) is 135 cm³/mol. The molecular formula is C26H32N6O2. The van der Waals surface area contributed by atoms with E-state index in [1.54, 1.807) is 22.9 Å². The quantitative estimate of drug-likeness (QED) is 0.545. The van der Waals surface area contributed by atoms with E-state index in [0.717, 1.165) is 37.1 Å². The number of pyridine rings is 1. The fourth-order valence-corrected chi connectivity index (χ4v) is 4.43. The molecule has 0 unspecified atom stereocenters. The fourth-order valence-electron chi connectivity index (χ4n) is 4.43. The Hall–Kier alpha value is -3.52. The van der Waals surface area contributed by atoms with Gasteiger partial charge in [-0.25, -0.2) is 4.98 Å². The molecule has 0 spiro atoms. The molecule has 0 aliphatic carbocycles. The lowest BCUT2D eigenvalue weighted by atomic mass is 10.0. The van der Waals surface area contributed by atoms with Crippen LogP contribution in [0.1, 0.15) is 37.9 Å². The number of piperazine rings is 1. The van der Waals surface area contributed by atoms with Crippen molar-refractivity contribution in [2.75, 3.05) is 25.0 Å². The molecule has 1 aromatic carbocycles. The Balaban J connectivity index is 1.41. The summed E-state index contributed by atoms with van der Waals surface area (Å²) in [7, 11) is 0. The molecule has 8 nitrogen and oxygen atoms in total. The topological polar surface area (TPSA) is 83.4 Å². The van der Waals surface area contributed by atoms with Crippen molar-refractivity contribution in [3.63, 3.8) is 0 Å². The molecule has 1 N–H and O–H groups in total. The number of hydrogen-bond acceptors (Lipinski definition) is 6. The molecule has 178 valence electrons. The summed E-state index contributed by atoms with van der Waals surface area (Å²) < 4.78 is 1.65. The van der Waals surface area contributed by atoms with Crippen molar-refractivity contribution in [3.8, 4) is 0 Å². The van der Waals surface area contributed by atoms with Gasteiger partial charge in [0.25, 0.3) is 5.56 Å². The molecule has 3 heterocycles. The molecule has 1 saturated heterocycles. The zero-order valence-corrected chi connectivity index (χ0v) is 20.1. The maximum atomic E-state index is 12.1. The highest BCUT2D eigenvalue weighted by atomic mass is 16.2. The molecule has 2 aromatic heterocycles. The first kappa shape index (κ1) is 23.6. The lowest BCUT2D eigenvalue weighted by molar-refractivity contribution is -0.128. The molecule has 0 radical (unpaired) electrons. The summed E-state index contributed by atoms with van der Waals surface area (Å²) in [5.74, 6) is 0.503. The molecule has 0 bridgehead atoms. The van der Waals surface area contributed by atoms with E-state index in [4.69, 9.17) is 0 Å². The normalized spacial score (nSPS) is 17.5. The molecule has 34 heavy (non-hydrogen) atoms. The van der Waals surface area contributed by atoms with Gasteiger partial charge in [0.1, 0.15) is 5.65 Å². The number of amides is 1. The minimum Gasteiger partial charge on any atom is -0.348 e. The van der Waals surface area contributed by atoms with E-state index in [9.17, 15) is 9.59 Å². The van der Waals surface area contributed by atoms with Gasteiger partial charge in [-0.1, -0.05) is 30.8 Å². The van der Waals surface area contributed by atoms with Crippen LogP contribution in [0.25, 0.3) is 11.0 Å². The van der Waals surface area contributed by atoms with Gasteiger partial charge in [-0.2, -0.15) is 4.98 Å². The van der Waals surface area contributed by atoms with E-state index in [2.05, 4.69) is 64.9 Å². The largest absolute Gasteiger partial charge is 0.348 e. The Kier molecular flexibility index (Phi) is 7.07. The fraction of sp³-hybridized carbons (Fsp3) is 0.385. The van der Waals surface area contributed by atoms with Crippen molar-refractivity contribution in [2.45, 2.75) is 45.9 Å². The summed E-state index contributed by atoms with van der Waals surface area (Å²) in [6.07, 6.45) is 3.14. The first-order valence-electron chi connectivity index (χ1n) is 11.8.